The van der Waals surface area contributed by atoms with E-state index in [9.17, 15) is 9.18 Å². The lowest BCUT2D eigenvalue weighted by atomic mass is 9.89. The van der Waals surface area contributed by atoms with Gasteiger partial charge in [0.1, 0.15) is 23.4 Å². The van der Waals surface area contributed by atoms with Crippen LogP contribution in [0.3, 0.4) is 0 Å². The van der Waals surface area contributed by atoms with E-state index in [4.69, 9.17) is 28.4 Å². The lowest BCUT2D eigenvalue weighted by molar-refractivity contribution is -0.201. The largest absolute Gasteiger partial charge is 0.493 e. The van der Waals surface area contributed by atoms with Gasteiger partial charge in [-0.1, -0.05) is 0 Å². The molecule has 0 amide bonds. The summed E-state index contributed by atoms with van der Waals surface area (Å²) in [7, 11) is 0. The van der Waals surface area contributed by atoms with Crippen LogP contribution < -0.4 is 4.74 Å². The van der Waals surface area contributed by atoms with E-state index >= 15 is 0 Å². The number of carbonyl (C=O) groups excluding carboxylic acids is 1. The monoisotopic (exact) mass is 490 g/mol. The first kappa shape index (κ1) is 24.5. The van der Waals surface area contributed by atoms with Crippen molar-refractivity contribution >= 4 is 5.97 Å². The molecule has 7 nitrogen and oxygen atoms in total. The van der Waals surface area contributed by atoms with Crippen LogP contribution in [0.2, 0.25) is 0 Å². The number of benzene rings is 1. The van der Waals surface area contributed by atoms with Crippen LogP contribution in [-0.2, 0) is 28.5 Å². The minimum Gasteiger partial charge on any atom is -0.493 e. The van der Waals surface area contributed by atoms with Crippen LogP contribution in [0.15, 0.2) is 36.1 Å². The molecule has 4 fully saturated rings. The molecule has 0 spiro atoms. The molecule has 3 heterocycles. The molecule has 3 aliphatic heterocycles. The molecule has 5 rings (SSSR count). The van der Waals surface area contributed by atoms with Gasteiger partial charge in [-0.25, -0.2) is 4.39 Å². The molecule has 1 aromatic rings. The van der Waals surface area contributed by atoms with Gasteiger partial charge in [0.05, 0.1) is 25.7 Å². The minimum atomic E-state index is -0.309. The van der Waals surface area contributed by atoms with E-state index in [2.05, 4.69) is 0 Å². The van der Waals surface area contributed by atoms with Crippen molar-refractivity contribution < 1.29 is 37.6 Å². The average molecular weight is 491 g/mol. The number of esters is 1. The Bertz CT molecular complexity index is 861. The second-order valence-electron chi connectivity index (χ2n) is 9.74. The molecule has 192 valence electrons. The fraction of sp³-hybridized carbons (Fsp3) is 0.667. The van der Waals surface area contributed by atoms with Crippen molar-refractivity contribution in [1.82, 2.24) is 0 Å². The second-order valence-corrected chi connectivity index (χ2v) is 9.74. The van der Waals surface area contributed by atoms with Crippen molar-refractivity contribution in [2.45, 2.75) is 82.6 Å². The molecular weight excluding hydrogens is 455 g/mol. The summed E-state index contributed by atoms with van der Waals surface area (Å²) in [5, 5.41) is 0. The molecule has 0 radical (unpaired) electrons. The highest BCUT2D eigenvalue weighted by Crippen LogP contribution is 2.47. The van der Waals surface area contributed by atoms with Gasteiger partial charge < -0.3 is 28.4 Å². The zero-order valence-corrected chi connectivity index (χ0v) is 20.1. The quantitative estimate of drug-likeness (QED) is 0.277. The first-order valence-electron chi connectivity index (χ1n) is 13.0. The number of carbonyl (C=O) groups is 1. The van der Waals surface area contributed by atoms with Crippen molar-refractivity contribution in [3.05, 3.63) is 41.9 Å². The Kier molecular flexibility index (Phi) is 8.21. The topological polar surface area (TPSA) is 72.5 Å². The van der Waals surface area contributed by atoms with Crippen LogP contribution >= 0.6 is 0 Å². The third-order valence-corrected chi connectivity index (χ3v) is 7.23. The Morgan fingerprint density at radius 1 is 1.03 bits per heavy atom. The maximum absolute atomic E-state index is 13.2. The van der Waals surface area contributed by atoms with Gasteiger partial charge in [-0.3, -0.25) is 4.79 Å². The predicted molar refractivity (Wildman–Crippen MR) is 124 cm³/mol. The van der Waals surface area contributed by atoms with Crippen molar-refractivity contribution in [3.63, 3.8) is 0 Å². The number of hydrogen-bond acceptors (Lipinski definition) is 7. The maximum atomic E-state index is 13.2. The van der Waals surface area contributed by atoms with Gasteiger partial charge in [-0.05, 0) is 62.4 Å². The summed E-state index contributed by atoms with van der Waals surface area (Å²) < 4.78 is 49.2. The molecule has 0 bridgehead atoms. The van der Waals surface area contributed by atoms with Crippen molar-refractivity contribution in [2.24, 2.45) is 11.8 Å². The molecule has 1 aliphatic carbocycles. The smallest absolute Gasteiger partial charge is 0.306 e. The molecular formula is C27H35FO7. The highest BCUT2D eigenvalue weighted by molar-refractivity contribution is 5.72. The van der Waals surface area contributed by atoms with Crippen molar-refractivity contribution in [1.29, 1.82) is 0 Å². The first-order valence-corrected chi connectivity index (χ1v) is 13.0. The summed E-state index contributed by atoms with van der Waals surface area (Å²) in [5.74, 6) is 0.829. The van der Waals surface area contributed by atoms with Crippen LogP contribution in [0.1, 0.15) is 57.8 Å². The molecule has 1 aromatic carbocycles. The number of hydrogen-bond donors (Lipinski definition) is 0. The van der Waals surface area contributed by atoms with Crippen LogP contribution in [0, 0.1) is 17.7 Å². The zero-order valence-electron chi connectivity index (χ0n) is 20.1. The molecule has 35 heavy (non-hydrogen) atoms. The van der Waals surface area contributed by atoms with Gasteiger partial charge >= 0.3 is 5.97 Å². The van der Waals surface area contributed by atoms with Crippen molar-refractivity contribution in [2.75, 3.05) is 19.8 Å². The van der Waals surface area contributed by atoms with E-state index in [-0.39, 0.29) is 48.4 Å². The first-order chi connectivity index (χ1) is 17.2. The van der Waals surface area contributed by atoms with Gasteiger partial charge in [-0.15, -0.1) is 0 Å². The molecule has 2 unspecified atom stereocenters. The number of rotatable bonds is 9. The lowest BCUT2D eigenvalue weighted by Gasteiger charge is -2.33. The van der Waals surface area contributed by atoms with Crippen LogP contribution in [-0.4, -0.2) is 50.6 Å². The highest BCUT2D eigenvalue weighted by Gasteiger charge is 2.53. The summed E-state index contributed by atoms with van der Waals surface area (Å²) in [5.41, 5.74) is 0. The van der Waals surface area contributed by atoms with Gasteiger partial charge in [0.15, 0.2) is 12.6 Å². The summed E-state index contributed by atoms with van der Waals surface area (Å²) in [6.07, 6.45) is 8.68. The third-order valence-electron chi connectivity index (χ3n) is 7.23. The van der Waals surface area contributed by atoms with Crippen LogP contribution in [0.25, 0.3) is 0 Å². The summed E-state index contributed by atoms with van der Waals surface area (Å²) in [6.45, 7) is 1.80. The van der Waals surface area contributed by atoms with E-state index in [0.717, 1.165) is 44.3 Å². The molecule has 6 atom stereocenters. The molecule has 0 N–H and O–H groups in total. The minimum absolute atomic E-state index is 0.00366. The molecule has 3 saturated heterocycles. The highest BCUT2D eigenvalue weighted by atomic mass is 19.1. The van der Waals surface area contributed by atoms with E-state index in [1.165, 1.54) is 12.1 Å². The van der Waals surface area contributed by atoms with Crippen molar-refractivity contribution in [3.8, 4) is 5.75 Å². The maximum Gasteiger partial charge on any atom is 0.306 e. The van der Waals surface area contributed by atoms with E-state index in [1.807, 2.05) is 6.08 Å². The predicted octanol–water partition coefficient (Wildman–Crippen LogP) is 4.89. The van der Waals surface area contributed by atoms with Gasteiger partial charge in [-0.2, -0.15) is 0 Å². The van der Waals surface area contributed by atoms with E-state index in [0.29, 0.717) is 44.8 Å². The standard InChI is InChI=1S/C27H35FO7/c28-18-9-11-19(12-10-18)30-15-5-6-21(34-25-7-1-3-13-31-25)27-20-16-24(29)33-22(20)17-23(27)35-26-8-2-4-14-32-26/h6,9-12,20,22-23,25-27H,1-5,7-8,13-17H2/b21-6+/t20-,22-,23-,25?,26?,27-/m1/s1. The Balaban J connectivity index is 1.31. The number of ether oxygens (including phenoxy) is 6. The number of fused-ring (bicyclic) bond motifs is 1. The Morgan fingerprint density at radius 2 is 1.77 bits per heavy atom. The normalized spacial score (nSPS) is 33.3. The lowest BCUT2D eigenvalue weighted by Crippen LogP contribution is -2.34. The average Bonchev–Trinajstić information content (AvgIpc) is 3.38. The van der Waals surface area contributed by atoms with Gasteiger partial charge in [0.2, 0.25) is 0 Å². The summed E-state index contributed by atoms with van der Waals surface area (Å²) in [6, 6.07) is 5.99. The van der Waals surface area contributed by atoms with Gasteiger partial charge in [0.25, 0.3) is 0 Å². The Morgan fingerprint density at radius 3 is 2.49 bits per heavy atom. The third kappa shape index (κ3) is 6.35. The second kappa shape index (κ2) is 11.7. The van der Waals surface area contributed by atoms with Crippen LogP contribution in [0.4, 0.5) is 4.39 Å². The molecule has 0 aromatic heterocycles. The Hall–Kier alpha value is -2.16. The molecule has 4 aliphatic rings. The van der Waals surface area contributed by atoms with E-state index in [1.54, 1.807) is 12.1 Å². The summed E-state index contributed by atoms with van der Waals surface area (Å²) >= 11 is 0. The van der Waals surface area contributed by atoms with Gasteiger partial charge in [0, 0.05) is 37.7 Å². The molecule has 1 saturated carbocycles. The number of halogens is 1. The van der Waals surface area contributed by atoms with E-state index < -0.39 is 0 Å². The fourth-order valence-corrected chi connectivity index (χ4v) is 5.54. The SMILES string of the molecule is O=C1C[C@H]2[C@H](/C(=C\CCOc3ccc(F)cc3)OC3CCCCO3)[C@H](OC3CCCCO3)C[C@H]2O1. The fourth-order valence-electron chi connectivity index (χ4n) is 5.54. The zero-order chi connectivity index (χ0) is 24.0. The Labute approximate surface area is 205 Å². The molecule has 8 heteroatoms. The van der Waals surface area contributed by atoms with Crippen LogP contribution in [0.5, 0.6) is 5.75 Å². The summed E-state index contributed by atoms with van der Waals surface area (Å²) in [4.78, 5) is 12.1.